The summed E-state index contributed by atoms with van der Waals surface area (Å²) >= 11 is 1.29. The van der Waals surface area contributed by atoms with Crippen LogP contribution in [0.25, 0.3) is 10.9 Å². The molecule has 1 amide bonds. The molecule has 1 aromatic heterocycles. The predicted octanol–water partition coefficient (Wildman–Crippen LogP) is 5.42. The average Bonchev–Trinajstić information content (AvgIpc) is 2.84. The maximum atomic E-state index is 13.2. The molecule has 7 heteroatoms. The summed E-state index contributed by atoms with van der Waals surface area (Å²) in [6.07, 6.45) is 7.80. The summed E-state index contributed by atoms with van der Waals surface area (Å²) in [5.74, 6) is 0.615. The van der Waals surface area contributed by atoms with Crippen molar-refractivity contribution >= 4 is 34.3 Å². The molecule has 6 nitrogen and oxygen atoms in total. The van der Waals surface area contributed by atoms with Gasteiger partial charge in [-0.3, -0.25) is 14.2 Å². The molecular weight excluding hydrogens is 434 g/mol. The van der Waals surface area contributed by atoms with Crippen LogP contribution in [0.2, 0.25) is 0 Å². The van der Waals surface area contributed by atoms with Gasteiger partial charge in [-0.05, 0) is 63.3 Å². The molecule has 1 aliphatic rings. The van der Waals surface area contributed by atoms with Gasteiger partial charge in [0.1, 0.15) is 5.75 Å². The Labute approximate surface area is 198 Å². The van der Waals surface area contributed by atoms with Crippen molar-refractivity contribution in [2.75, 3.05) is 17.7 Å². The molecule has 0 unspecified atom stereocenters. The molecule has 0 saturated carbocycles. The van der Waals surface area contributed by atoms with Gasteiger partial charge in [0.15, 0.2) is 5.16 Å². The summed E-state index contributed by atoms with van der Waals surface area (Å²) < 4.78 is 7.31. The molecule has 3 aromatic rings. The van der Waals surface area contributed by atoms with Crippen LogP contribution in [-0.4, -0.2) is 27.8 Å². The number of carbonyl (C=O) groups excluding carboxylic acids is 1. The highest BCUT2D eigenvalue weighted by Crippen LogP contribution is 2.25. The first-order valence-electron chi connectivity index (χ1n) is 11.5. The van der Waals surface area contributed by atoms with Crippen molar-refractivity contribution in [3.05, 3.63) is 70.5 Å². The lowest BCUT2D eigenvalue weighted by atomic mass is 9.97. The number of para-hydroxylation sites is 3. The van der Waals surface area contributed by atoms with E-state index >= 15 is 0 Å². The maximum absolute atomic E-state index is 13.2. The van der Waals surface area contributed by atoms with Crippen LogP contribution in [0.1, 0.15) is 39.0 Å². The zero-order valence-electron chi connectivity index (χ0n) is 18.9. The molecular formula is C26H29N3O3S. The Hall–Kier alpha value is -3.06. The standard InChI is InChI=1S/C26H29N3O3S/c1-2-32-23-15-9-8-14-22(23)27-24(30)18-33-26-28-21-13-7-6-12-20(21)25(31)29(26)17-16-19-10-4-3-5-11-19/h6-10,12-15H,2-5,11,16-18H2,1H3,(H,27,30). The number of amides is 1. The number of nitrogens with one attached hydrogen (secondary N) is 1. The molecule has 0 bridgehead atoms. The molecule has 1 heterocycles. The van der Waals surface area contributed by atoms with Crippen LogP contribution in [0, 0.1) is 0 Å². The van der Waals surface area contributed by atoms with Crippen LogP contribution < -0.4 is 15.6 Å². The monoisotopic (exact) mass is 463 g/mol. The Kier molecular flexibility index (Phi) is 7.83. The number of nitrogens with zero attached hydrogens (tertiary/aromatic N) is 2. The second-order valence-electron chi connectivity index (χ2n) is 7.99. The Morgan fingerprint density at radius 1 is 1.15 bits per heavy atom. The average molecular weight is 464 g/mol. The number of thioether (sulfide) groups is 1. The second-order valence-corrected chi connectivity index (χ2v) is 8.93. The fourth-order valence-electron chi connectivity index (χ4n) is 4.01. The van der Waals surface area contributed by atoms with Crippen LogP contribution in [0.3, 0.4) is 0 Å². The van der Waals surface area contributed by atoms with Gasteiger partial charge in [-0.1, -0.05) is 47.7 Å². The number of hydrogen-bond acceptors (Lipinski definition) is 5. The molecule has 0 radical (unpaired) electrons. The number of fused-ring (bicyclic) bond motifs is 1. The highest BCUT2D eigenvalue weighted by atomic mass is 32.2. The van der Waals surface area contributed by atoms with Gasteiger partial charge >= 0.3 is 0 Å². The first kappa shape index (κ1) is 23.1. The number of carbonyl (C=O) groups is 1. The number of benzene rings is 2. The van der Waals surface area contributed by atoms with Crippen molar-refractivity contribution in [3.63, 3.8) is 0 Å². The first-order chi connectivity index (χ1) is 16.2. The van der Waals surface area contributed by atoms with E-state index in [2.05, 4.69) is 11.4 Å². The van der Waals surface area contributed by atoms with E-state index in [1.54, 1.807) is 4.57 Å². The van der Waals surface area contributed by atoms with Crippen LogP contribution in [0.5, 0.6) is 5.75 Å². The van der Waals surface area contributed by atoms with E-state index in [-0.39, 0.29) is 17.2 Å². The minimum atomic E-state index is -0.170. The van der Waals surface area contributed by atoms with Gasteiger partial charge in [-0.25, -0.2) is 4.98 Å². The lowest BCUT2D eigenvalue weighted by Gasteiger charge is -2.16. The van der Waals surface area contributed by atoms with Crippen molar-refractivity contribution in [3.8, 4) is 5.75 Å². The van der Waals surface area contributed by atoms with Gasteiger partial charge < -0.3 is 10.1 Å². The van der Waals surface area contributed by atoms with E-state index in [0.29, 0.717) is 40.6 Å². The number of allylic oxidation sites excluding steroid dienone is 2. The molecule has 0 saturated heterocycles. The molecule has 4 rings (SSSR count). The molecule has 172 valence electrons. The summed E-state index contributed by atoms with van der Waals surface area (Å²) in [6.45, 7) is 2.99. The number of rotatable bonds is 9. The Morgan fingerprint density at radius 2 is 1.97 bits per heavy atom. The normalized spacial score (nSPS) is 13.5. The van der Waals surface area contributed by atoms with Crippen molar-refractivity contribution in [2.45, 2.75) is 50.7 Å². The molecule has 0 spiro atoms. The predicted molar refractivity (Wildman–Crippen MR) is 134 cm³/mol. The van der Waals surface area contributed by atoms with Gasteiger partial charge in [0, 0.05) is 6.54 Å². The zero-order valence-corrected chi connectivity index (χ0v) is 19.7. The third-order valence-corrected chi connectivity index (χ3v) is 6.64. The highest BCUT2D eigenvalue weighted by molar-refractivity contribution is 7.99. The SMILES string of the molecule is CCOc1ccccc1NC(=O)CSc1nc2ccccc2c(=O)n1CCC1=CCCCC1. The second kappa shape index (κ2) is 11.2. The zero-order chi connectivity index (χ0) is 23.0. The third kappa shape index (κ3) is 5.85. The quantitative estimate of drug-likeness (QED) is 0.261. The summed E-state index contributed by atoms with van der Waals surface area (Å²) in [7, 11) is 0. The van der Waals surface area contributed by atoms with Crippen LogP contribution in [-0.2, 0) is 11.3 Å². The van der Waals surface area contributed by atoms with Crippen LogP contribution in [0.15, 0.2) is 70.1 Å². The van der Waals surface area contributed by atoms with Gasteiger partial charge in [0.25, 0.3) is 5.56 Å². The Balaban J connectivity index is 1.52. The fourth-order valence-corrected chi connectivity index (χ4v) is 4.84. The minimum Gasteiger partial charge on any atom is -0.492 e. The first-order valence-corrected chi connectivity index (χ1v) is 12.5. The largest absolute Gasteiger partial charge is 0.492 e. The molecule has 0 fully saturated rings. The van der Waals surface area contributed by atoms with E-state index in [9.17, 15) is 9.59 Å². The van der Waals surface area contributed by atoms with E-state index < -0.39 is 0 Å². The smallest absolute Gasteiger partial charge is 0.262 e. The summed E-state index contributed by atoms with van der Waals surface area (Å²) in [5, 5.41) is 4.09. The maximum Gasteiger partial charge on any atom is 0.262 e. The van der Waals surface area contributed by atoms with Gasteiger partial charge in [0.2, 0.25) is 5.91 Å². The molecule has 1 aliphatic carbocycles. The number of anilines is 1. The van der Waals surface area contributed by atoms with Crippen molar-refractivity contribution in [2.24, 2.45) is 0 Å². The lowest BCUT2D eigenvalue weighted by Crippen LogP contribution is -2.24. The Bertz CT molecular complexity index is 1220. The number of hydrogen-bond donors (Lipinski definition) is 1. The van der Waals surface area contributed by atoms with E-state index in [1.165, 1.54) is 30.2 Å². The summed E-state index contributed by atoms with van der Waals surface area (Å²) in [5.41, 5.74) is 2.64. The Morgan fingerprint density at radius 3 is 2.79 bits per heavy atom. The van der Waals surface area contributed by atoms with E-state index in [4.69, 9.17) is 9.72 Å². The van der Waals surface area contributed by atoms with Gasteiger partial charge in [-0.2, -0.15) is 0 Å². The minimum absolute atomic E-state index is 0.0541. The van der Waals surface area contributed by atoms with Crippen molar-refractivity contribution in [1.29, 1.82) is 0 Å². The van der Waals surface area contributed by atoms with Crippen LogP contribution in [0.4, 0.5) is 5.69 Å². The van der Waals surface area contributed by atoms with E-state index in [0.717, 1.165) is 19.3 Å². The van der Waals surface area contributed by atoms with Crippen LogP contribution >= 0.6 is 11.8 Å². The van der Waals surface area contributed by atoms with Gasteiger partial charge in [0.05, 0.1) is 29.0 Å². The molecule has 2 aromatic carbocycles. The van der Waals surface area contributed by atoms with Crippen molar-refractivity contribution in [1.82, 2.24) is 9.55 Å². The number of aromatic nitrogens is 2. The topological polar surface area (TPSA) is 73.2 Å². The number of ether oxygens (including phenoxy) is 1. The van der Waals surface area contributed by atoms with Crippen molar-refractivity contribution < 1.29 is 9.53 Å². The van der Waals surface area contributed by atoms with E-state index in [1.807, 2.05) is 55.5 Å². The fraction of sp³-hybridized carbons (Fsp3) is 0.346. The molecule has 0 atom stereocenters. The lowest BCUT2D eigenvalue weighted by molar-refractivity contribution is -0.113. The molecule has 1 N–H and O–H groups in total. The summed E-state index contributed by atoms with van der Waals surface area (Å²) in [4.78, 5) is 30.7. The molecule has 0 aliphatic heterocycles. The van der Waals surface area contributed by atoms with Gasteiger partial charge in [-0.15, -0.1) is 0 Å². The third-order valence-electron chi connectivity index (χ3n) is 5.66. The molecule has 33 heavy (non-hydrogen) atoms. The highest BCUT2D eigenvalue weighted by Gasteiger charge is 2.15. The summed E-state index contributed by atoms with van der Waals surface area (Å²) in [6, 6.07) is 14.8.